The van der Waals surface area contributed by atoms with Crippen LogP contribution in [0.15, 0.2) is 51.8 Å². The summed E-state index contributed by atoms with van der Waals surface area (Å²) >= 11 is 9.99. The Morgan fingerprint density at radius 2 is 1.93 bits per heavy atom. The Labute approximate surface area is 172 Å². The van der Waals surface area contributed by atoms with Crippen molar-refractivity contribution >= 4 is 68.1 Å². The minimum absolute atomic E-state index is 0.102. The highest BCUT2D eigenvalue weighted by atomic mass is 79.9. The number of phenolic OH excluding ortho intramolecular Hbond substituents is 1. The first-order valence-corrected chi connectivity index (χ1v) is 9.61. The third-order valence-corrected chi connectivity index (χ3v) is 5.71. The molecule has 0 atom stereocenters. The lowest BCUT2D eigenvalue weighted by atomic mass is 10.2. The van der Waals surface area contributed by atoms with Crippen LogP contribution >= 0.6 is 39.3 Å². The van der Waals surface area contributed by atoms with E-state index in [0.717, 1.165) is 16.7 Å². The molecule has 2 N–H and O–H groups in total. The summed E-state index contributed by atoms with van der Waals surface area (Å²) in [6, 6.07) is 11.1. The minimum Gasteiger partial charge on any atom is -0.508 e. The van der Waals surface area contributed by atoms with Crippen LogP contribution in [-0.4, -0.2) is 33.6 Å². The standard InChI is InChI=1S/C18H12BrClN2O4S/c19-13-6-3-11(8-14(13)20)21-16(24)9-22-17(25)15(27-18(22)26)7-10-1-4-12(23)5-2-10/h1-8,23H,9H2,(H,21,24)/b15-7+. The van der Waals surface area contributed by atoms with Gasteiger partial charge in [0, 0.05) is 10.2 Å². The number of rotatable bonds is 4. The van der Waals surface area contributed by atoms with Crippen molar-refractivity contribution in [3.8, 4) is 5.75 Å². The monoisotopic (exact) mass is 466 g/mol. The maximum absolute atomic E-state index is 12.4. The highest BCUT2D eigenvalue weighted by molar-refractivity contribution is 9.10. The van der Waals surface area contributed by atoms with Crippen molar-refractivity contribution in [2.24, 2.45) is 0 Å². The van der Waals surface area contributed by atoms with Crippen molar-refractivity contribution in [1.29, 1.82) is 0 Å². The zero-order valence-corrected chi connectivity index (χ0v) is 16.8. The maximum Gasteiger partial charge on any atom is 0.294 e. The Bertz CT molecular complexity index is 962. The number of thioether (sulfide) groups is 1. The van der Waals surface area contributed by atoms with Gasteiger partial charge in [0.2, 0.25) is 5.91 Å². The SMILES string of the molecule is O=C(CN1C(=O)S/C(=C/c2ccc(O)cc2)C1=O)Nc1ccc(Br)c(Cl)c1. The lowest BCUT2D eigenvalue weighted by molar-refractivity contribution is -0.127. The molecule has 1 aliphatic heterocycles. The van der Waals surface area contributed by atoms with Crippen molar-refractivity contribution in [1.82, 2.24) is 4.90 Å². The number of hydrogen-bond acceptors (Lipinski definition) is 5. The number of hydrogen-bond donors (Lipinski definition) is 2. The Balaban J connectivity index is 1.68. The lowest BCUT2D eigenvalue weighted by Crippen LogP contribution is -2.36. The summed E-state index contributed by atoms with van der Waals surface area (Å²) in [4.78, 5) is 37.8. The molecule has 0 aromatic heterocycles. The number of aromatic hydroxyl groups is 1. The summed E-state index contributed by atoms with van der Waals surface area (Å²) in [6.45, 7) is -0.398. The molecule has 1 saturated heterocycles. The molecule has 1 fully saturated rings. The van der Waals surface area contributed by atoms with Gasteiger partial charge in [-0.3, -0.25) is 19.3 Å². The van der Waals surface area contributed by atoms with E-state index in [1.54, 1.807) is 30.3 Å². The molecule has 0 aliphatic carbocycles. The molecule has 0 radical (unpaired) electrons. The molecule has 9 heteroatoms. The second kappa shape index (κ2) is 8.16. The van der Waals surface area contributed by atoms with Gasteiger partial charge in [0.15, 0.2) is 0 Å². The maximum atomic E-state index is 12.4. The Morgan fingerprint density at radius 1 is 1.22 bits per heavy atom. The number of nitrogens with one attached hydrogen (secondary N) is 1. The second-order valence-corrected chi connectivity index (χ2v) is 7.79. The molecule has 1 aliphatic rings. The fourth-order valence-corrected chi connectivity index (χ4v) is 3.54. The predicted octanol–water partition coefficient (Wildman–Crippen LogP) is 4.48. The predicted molar refractivity (Wildman–Crippen MR) is 109 cm³/mol. The zero-order valence-electron chi connectivity index (χ0n) is 13.6. The van der Waals surface area contributed by atoms with Gasteiger partial charge in [0.05, 0.1) is 9.93 Å². The van der Waals surface area contributed by atoms with Crippen molar-refractivity contribution < 1.29 is 19.5 Å². The normalized spacial score (nSPS) is 15.5. The lowest BCUT2D eigenvalue weighted by Gasteiger charge is -2.12. The number of nitrogens with zero attached hydrogens (tertiary/aromatic N) is 1. The first-order valence-electron chi connectivity index (χ1n) is 7.63. The number of benzene rings is 2. The number of imide groups is 1. The van der Waals surface area contributed by atoms with Gasteiger partial charge in [0.25, 0.3) is 11.1 Å². The van der Waals surface area contributed by atoms with E-state index >= 15 is 0 Å². The number of amides is 3. The molecular weight excluding hydrogens is 456 g/mol. The van der Waals surface area contributed by atoms with Crippen LogP contribution < -0.4 is 5.32 Å². The molecule has 1 heterocycles. The average Bonchev–Trinajstić information content (AvgIpc) is 2.87. The Hall–Kier alpha value is -2.29. The van der Waals surface area contributed by atoms with Crippen LogP contribution in [-0.2, 0) is 9.59 Å². The van der Waals surface area contributed by atoms with Gasteiger partial charge in [-0.05, 0) is 69.7 Å². The van der Waals surface area contributed by atoms with Gasteiger partial charge in [-0.15, -0.1) is 0 Å². The summed E-state index contributed by atoms with van der Waals surface area (Å²) in [5, 5.41) is 11.8. The van der Waals surface area contributed by atoms with Crippen molar-refractivity contribution in [2.45, 2.75) is 0 Å². The van der Waals surface area contributed by atoms with Crippen molar-refractivity contribution in [3.63, 3.8) is 0 Å². The van der Waals surface area contributed by atoms with Gasteiger partial charge in [-0.2, -0.15) is 0 Å². The number of carbonyl (C=O) groups excluding carboxylic acids is 3. The van der Waals surface area contributed by atoms with Gasteiger partial charge < -0.3 is 10.4 Å². The van der Waals surface area contributed by atoms with E-state index in [1.165, 1.54) is 18.2 Å². The van der Waals surface area contributed by atoms with Crippen molar-refractivity contribution in [2.75, 3.05) is 11.9 Å². The summed E-state index contributed by atoms with van der Waals surface area (Å²) in [5.74, 6) is -0.950. The molecule has 3 rings (SSSR count). The molecule has 2 aromatic rings. The summed E-state index contributed by atoms with van der Waals surface area (Å²) in [5.41, 5.74) is 1.12. The first-order chi connectivity index (χ1) is 12.8. The highest BCUT2D eigenvalue weighted by Crippen LogP contribution is 2.32. The fourth-order valence-electron chi connectivity index (χ4n) is 2.28. The van der Waals surface area contributed by atoms with E-state index in [1.807, 2.05) is 0 Å². The van der Waals surface area contributed by atoms with Crippen molar-refractivity contribution in [3.05, 3.63) is 62.4 Å². The number of halogens is 2. The quantitative estimate of drug-likeness (QED) is 0.647. The van der Waals surface area contributed by atoms with E-state index in [-0.39, 0.29) is 10.7 Å². The van der Waals surface area contributed by atoms with Gasteiger partial charge in [-0.1, -0.05) is 23.7 Å². The third-order valence-electron chi connectivity index (χ3n) is 3.57. The molecule has 138 valence electrons. The van der Waals surface area contributed by atoms with Crippen LogP contribution in [0.2, 0.25) is 5.02 Å². The number of phenols is 1. The fraction of sp³-hybridized carbons (Fsp3) is 0.0556. The molecular formula is C18H12BrClN2O4S. The summed E-state index contributed by atoms with van der Waals surface area (Å²) in [7, 11) is 0. The van der Waals surface area contributed by atoms with Crippen LogP contribution in [0.1, 0.15) is 5.56 Å². The van der Waals surface area contributed by atoms with E-state index in [9.17, 15) is 19.5 Å². The van der Waals surface area contributed by atoms with Crippen LogP contribution in [0, 0.1) is 0 Å². The number of anilines is 1. The third kappa shape index (κ3) is 4.71. The molecule has 0 spiro atoms. The average molecular weight is 468 g/mol. The largest absolute Gasteiger partial charge is 0.508 e. The Kier molecular flexibility index (Phi) is 5.88. The van der Waals surface area contributed by atoms with E-state index < -0.39 is 23.6 Å². The highest BCUT2D eigenvalue weighted by Gasteiger charge is 2.36. The minimum atomic E-state index is -0.540. The van der Waals surface area contributed by atoms with Gasteiger partial charge in [0.1, 0.15) is 12.3 Å². The number of carbonyl (C=O) groups is 3. The van der Waals surface area contributed by atoms with E-state index in [4.69, 9.17) is 11.6 Å². The first kappa shape index (κ1) is 19.5. The van der Waals surface area contributed by atoms with E-state index in [0.29, 0.717) is 20.7 Å². The zero-order chi connectivity index (χ0) is 19.6. The molecule has 0 bridgehead atoms. The molecule has 0 unspecified atom stereocenters. The van der Waals surface area contributed by atoms with Gasteiger partial charge in [-0.25, -0.2) is 0 Å². The molecule has 27 heavy (non-hydrogen) atoms. The Morgan fingerprint density at radius 3 is 2.59 bits per heavy atom. The molecule has 3 amide bonds. The van der Waals surface area contributed by atoms with E-state index in [2.05, 4.69) is 21.2 Å². The van der Waals surface area contributed by atoms with Crippen LogP contribution in [0.25, 0.3) is 6.08 Å². The van der Waals surface area contributed by atoms with Gasteiger partial charge >= 0.3 is 0 Å². The molecule has 2 aromatic carbocycles. The smallest absolute Gasteiger partial charge is 0.294 e. The van der Waals surface area contributed by atoms with Crippen LogP contribution in [0.5, 0.6) is 5.75 Å². The summed E-state index contributed by atoms with van der Waals surface area (Å²) < 4.78 is 0.687. The van der Waals surface area contributed by atoms with Crippen LogP contribution in [0.3, 0.4) is 0 Å². The molecule has 6 nitrogen and oxygen atoms in total. The second-order valence-electron chi connectivity index (χ2n) is 5.54. The topological polar surface area (TPSA) is 86.7 Å². The molecule has 0 saturated carbocycles. The summed E-state index contributed by atoms with van der Waals surface area (Å²) in [6.07, 6.45) is 1.54. The van der Waals surface area contributed by atoms with Crippen LogP contribution in [0.4, 0.5) is 10.5 Å².